The van der Waals surface area contributed by atoms with Crippen LogP contribution in [0, 0.1) is 0 Å². The minimum absolute atomic E-state index is 0.188. The van der Waals surface area contributed by atoms with Crippen LogP contribution in [0.4, 0.5) is 0 Å². The van der Waals surface area contributed by atoms with Crippen LogP contribution in [0.5, 0.6) is 0 Å². The monoisotopic (exact) mass is 426 g/mol. The lowest BCUT2D eigenvalue weighted by molar-refractivity contribution is -0.136. The highest BCUT2D eigenvalue weighted by Crippen LogP contribution is 2.19. The van der Waals surface area contributed by atoms with Gasteiger partial charge in [-0.3, -0.25) is 9.59 Å². The van der Waals surface area contributed by atoms with Gasteiger partial charge in [-0.1, -0.05) is 41.9 Å². The van der Waals surface area contributed by atoms with E-state index in [1.165, 1.54) is 0 Å². The molecule has 156 valence electrons. The molecule has 2 amide bonds. The number of rotatable bonds is 5. The van der Waals surface area contributed by atoms with E-state index in [9.17, 15) is 14.7 Å². The number of hydrogen-bond donors (Lipinski definition) is 3. The van der Waals surface area contributed by atoms with E-state index >= 15 is 0 Å². The van der Waals surface area contributed by atoms with Crippen LogP contribution >= 0.6 is 11.6 Å². The molecule has 1 unspecified atom stereocenters. The van der Waals surface area contributed by atoms with Crippen LogP contribution in [0.1, 0.15) is 28.9 Å². The Morgan fingerprint density at radius 1 is 1.30 bits per heavy atom. The molecule has 1 aliphatic rings. The van der Waals surface area contributed by atoms with Crippen molar-refractivity contribution in [3.63, 3.8) is 0 Å². The first-order valence-electron chi connectivity index (χ1n) is 9.95. The summed E-state index contributed by atoms with van der Waals surface area (Å²) in [5.74, 6) is -0.569. The van der Waals surface area contributed by atoms with Crippen molar-refractivity contribution in [1.29, 1.82) is 0 Å². The van der Waals surface area contributed by atoms with E-state index in [1.807, 2.05) is 30.3 Å². The fourth-order valence-corrected chi connectivity index (χ4v) is 3.95. The summed E-state index contributed by atoms with van der Waals surface area (Å²) in [4.78, 5) is 34.8. The molecule has 0 radical (unpaired) electrons. The molecule has 4 rings (SSSR count). The third-order valence-electron chi connectivity index (χ3n) is 5.31. The molecule has 3 aromatic rings. The molecule has 0 spiro atoms. The number of nitrogens with zero attached hydrogens (tertiary/aromatic N) is 2. The second kappa shape index (κ2) is 8.85. The highest BCUT2D eigenvalue weighted by Gasteiger charge is 2.30. The number of aliphatic hydroxyl groups is 1. The summed E-state index contributed by atoms with van der Waals surface area (Å²) in [6.07, 6.45) is 2.84. The molecule has 3 heterocycles. The fourth-order valence-electron chi connectivity index (χ4n) is 3.79. The first kappa shape index (κ1) is 20.4. The number of carbonyl (C=O) groups excluding carboxylic acids is 2. The Bertz CT molecular complexity index is 1050. The number of β-amino-alcohol motifs (C(OH)–C–C–N with tert-alkyl or cyclic N) is 1. The summed E-state index contributed by atoms with van der Waals surface area (Å²) in [5.41, 5.74) is 1.97. The number of carbonyl (C=O) groups is 2. The largest absolute Gasteiger partial charge is 0.391 e. The van der Waals surface area contributed by atoms with Crippen LogP contribution in [-0.4, -0.2) is 57.0 Å². The molecular weight excluding hydrogens is 404 g/mol. The van der Waals surface area contributed by atoms with E-state index in [1.54, 1.807) is 23.2 Å². The highest BCUT2D eigenvalue weighted by atomic mass is 35.5. The third-order valence-corrected chi connectivity index (χ3v) is 5.52. The Kier molecular flexibility index (Phi) is 6.01. The number of fused-ring (bicyclic) bond motifs is 1. The van der Waals surface area contributed by atoms with E-state index < -0.39 is 12.1 Å². The predicted octanol–water partition coefficient (Wildman–Crippen LogP) is 2.54. The molecule has 1 aliphatic heterocycles. The maximum Gasteiger partial charge on any atom is 0.268 e. The van der Waals surface area contributed by atoms with Gasteiger partial charge in [-0.05, 0) is 30.5 Å². The zero-order chi connectivity index (χ0) is 21.1. The second-order valence-electron chi connectivity index (χ2n) is 7.57. The molecule has 8 heteroatoms. The van der Waals surface area contributed by atoms with Crippen LogP contribution < -0.4 is 5.32 Å². The number of aromatic nitrogens is 2. The number of likely N-dealkylation sites (tertiary alicyclic amines) is 1. The number of nitrogens with one attached hydrogen (secondary N) is 2. The Hall–Kier alpha value is -2.90. The lowest BCUT2D eigenvalue weighted by Crippen LogP contribution is -2.53. The maximum absolute atomic E-state index is 13.2. The van der Waals surface area contributed by atoms with Gasteiger partial charge in [0.2, 0.25) is 5.91 Å². The van der Waals surface area contributed by atoms with Crippen molar-refractivity contribution >= 4 is 34.3 Å². The fraction of sp³-hybridized carbons (Fsp3) is 0.318. The number of aliphatic hydroxyl groups excluding tert-OH is 1. The van der Waals surface area contributed by atoms with Crippen LogP contribution in [-0.2, 0) is 11.2 Å². The van der Waals surface area contributed by atoms with Gasteiger partial charge in [0.15, 0.2) is 0 Å². The summed E-state index contributed by atoms with van der Waals surface area (Å²) in [5, 5.41) is 13.9. The molecule has 1 fully saturated rings. The van der Waals surface area contributed by atoms with Crippen LogP contribution in [0.3, 0.4) is 0 Å². The number of benzene rings is 1. The SMILES string of the molecule is O=C(N[C@@H](Cc1ccccc1)C(=O)N1CCCC(O)C1)c1cc2cc(Cl)ncc2[nH]1. The van der Waals surface area contributed by atoms with Gasteiger partial charge >= 0.3 is 0 Å². The highest BCUT2D eigenvalue weighted by molar-refractivity contribution is 6.30. The zero-order valence-electron chi connectivity index (χ0n) is 16.3. The van der Waals surface area contributed by atoms with Crippen molar-refractivity contribution in [2.45, 2.75) is 31.4 Å². The zero-order valence-corrected chi connectivity index (χ0v) is 17.1. The molecule has 3 N–H and O–H groups in total. The maximum atomic E-state index is 13.2. The van der Waals surface area contributed by atoms with Crippen LogP contribution in [0.2, 0.25) is 5.15 Å². The van der Waals surface area contributed by atoms with Gasteiger partial charge in [0.1, 0.15) is 16.9 Å². The van der Waals surface area contributed by atoms with Crippen molar-refractivity contribution in [3.05, 3.63) is 65.1 Å². The van der Waals surface area contributed by atoms with Gasteiger partial charge in [-0.2, -0.15) is 0 Å². The summed E-state index contributed by atoms with van der Waals surface area (Å²) in [6.45, 7) is 0.865. The summed E-state index contributed by atoms with van der Waals surface area (Å²) in [6, 6.07) is 12.2. The minimum Gasteiger partial charge on any atom is -0.391 e. The Morgan fingerprint density at radius 3 is 2.87 bits per heavy atom. The van der Waals surface area contributed by atoms with Crippen molar-refractivity contribution in [1.82, 2.24) is 20.2 Å². The second-order valence-corrected chi connectivity index (χ2v) is 7.96. The average molecular weight is 427 g/mol. The molecule has 30 heavy (non-hydrogen) atoms. The summed E-state index contributed by atoms with van der Waals surface area (Å²) >= 11 is 5.93. The average Bonchev–Trinajstić information content (AvgIpc) is 3.17. The number of aromatic amines is 1. The Balaban J connectivity index is 1.56. The van der Waals surface area contributed by atoms with Gasteiger partial charge in [0.05, 0.1) is 17.8 Å². The molecule has 1 aromatic carbocycles. The first-order chi connectivity index (χ1) is 14.5. The van der Waals surface area contributed by atoms with Gasteiger partial charge in [-0.25, -0.2) is 4.98 Å². The number of halogens is 1. The standard InChI is InChI=1S/C22H23ClN4O3/c23-20-11-15-10-17(25-19(15)12-24-20)21(29)26-18(9-14-5-2-1-3-6-14)22(30)27-8-4-7-16(28)13-27/h1-3,5-6,10-12,16,18,25,28H,4,7-9,13H2,(H,26,29)/t16?,18-/m0/s1. The third kappa shape index (κ3) is 4.63. The van der Waals surface area contributed by atoms with Gasteiger partial charge < -0.3 is 20.3 Å². The normalized spacial score (nSPS) is 17.7. The molecule has 0 bridgehead atoms. The molecule has 7 nitrogen and oxygen atoms in total. The van der Waals surface area contributed by atoms with Gasteiger partial charge in [-0.15, -0.1) is 0 Å². The molecular formula is C22H23ClN4O3. The van der Waals surface area contributed by atoms with Crippen molar-refractivity contribution in [3.8, 4) is 0 Å². The molecule has 0 saturated carbocycles. The summed E-state index contributed by atoms with van der Waals surface area (Å²) < 4.78 is 0. The van der Waals surface area contributed by atoms with Crippen LogP contribution in [0.15, 0.2) is 48.7 Å². The number of pyridine rings is 1. The van der Waals surface area contributed by atoms with Gasteiger partial charge in [0.25, 0.3) is 5.91 Å². The predicted molar refractivity (Wildman–Crippen MR) is 114 cm³/mol. The van der Waals surface area contributed by atoms with Crippen molar-refractivity contribution in [2.24, 2.45) is 0 Å². The number of amides is 2. The van der Waals surface area contributed by atoms with E-state index in [0.717, 1.165) is 17.4 Å². The van der Waals surface area contributed by atoms with Crippen molar-refractivity contribution in [2.75, 3.05) is 13.1 Å². The van der Waals surface area contributed by atoms with Crippen LogP contribution in [0.25, 0.3) is 10.9 Å². The minimum atomic E-state index is -0.738. The number of hydrogen-bond acceptors (Lipinski definition) is 4. The molecule has 1 saturated heterocycles. The quantitative estimate of drug-likeness (QED) is 0.546. The smallest absolute Gasteiger partial charge is 0.268 e. The van der Waals surface area contributed by atoms with Gasteiger partial charge in [0, 0.05) is 24.9 Å². The molecule has 2 atom stereocenters. The van der Waals surface area contributed by atoms with E-state index in [-0.39, 0.29) is 18.4 Å². The molecule has 0 aliphatic carbocycles. The first-order valence-corrected chi connectivity index (χ1v) is 10.3. The number of H-pyrrole nitrogens is 1. The number of piperidine rings is 1. The van der Waals surface area contributed by atoms with E-state index in [4.69, 9.17) is 11.6 Å². The topological polar surface area (TPSA) is 98.3 Å². The van der Waals surface area contributed by atoms with E-state index in [0.29, 0.717) is 35.8 Å². The lowest BCUT2D eigenvalue weighted by atomic mass is 10.0. The van der Waals surface area contributed by atoms with Crippen molar-refractivity contribution < 1.29 is 14.7 Å². The summed E-state index contributed by atoms with van der Waals surface area (Å²) in [7, 11) is 0. The Morgan fingerprint density at radius 2 is 2.10 bits per heavy atom. The van der Waals surface area contributed by atoms with E-state index in [2.05, 4.69) is 15.3 Å². The molecule has 2 aromatic heterocycles. The Labute approximate surface area is 179 Å². The lowest BCUT2D eigenvalue weighted by Gasteiger charge is -2.33.